The van der Waals surface area contributed by atoms with Crippen molar-refractivity contribution in [3.8, 4) is 17.2 Å². The van der Waals surface area contributed by atoms with Crippen LogP contribution in [0.1, 0.15) is 31.7 Å². The lowest BCUT2D eigenvalue weighted by atomic mass is 10.2. The highest BCUT2D eigenvalue weighted by Gasteiger charge is 2.10. The molecule has 0 atom stereocenters. The van der Waals surface area contributed by atoms with Gasteiger partial charge < -0.3 is 18.8 Å². The highest BCUT2D eigenvalue weighted by atomic mass is 16.5. The summed E-state index contributed by atoms with van der Waals surface area (Å²) in [7, 11) is 3.19. The summed E-state index contributed by atoms with van der Waals surface area (Å²) in [6.45, 7) is 3.20. The Hall–Kier alpha value is -2.43. The Bertz CT molecular complexity index is 709. The summed E-state index contributed by atoms with van der Waals surface area (Å²) >= 11 is 0. The predicted octanol–water partition coefficient (Wildman–Crippen LogP) is 3.48. The van der Waals surface area contributed by atoms with Gasteiger partial charge >= 0.3 is 0 Å². The molecular weight excluding hydrogens is 306 g/mol. The third-order valence-corrected chi connectivity index (χ3v) is 3.81. The molecule has 0 unspecified atom stereocenters. The van der Waals surface area contributed by atoms with Gasteiger partial charge in [0.05, 0.1) is 27.4 Å². The molecule has 1 aromatic carbocycles. The van der Waals surface area contributed by atoms with E-state index in [-0.39, 0.29) is 5.56 Å². The summed E-state index contributed by atoms with van der Waals surface area (Å²) in [5.41, 5.74) is 0.781. The maximum Gasteiger partial charge on any atom is 0.254 e. The summed E-state index contributed by atoms with van der Waals surface area (Å²) < 4.78 is 17.9. The number of para-hydroxylation sites is 1. The smallest absolute Gasteiger partial charge is 0.254 e. The maximum atomic E-state index is 12.3. The number of hydrogen-bond acceptors (Lipinski definition) is 4. The second-order valence-electron chi connectivity index (χ2n) is 5.54. The second-order valence-corrected chi connectivity index (χ2v) is 5.54. The van der Waals surface area contributed by atoms with E-state index in [1.165, 1.54) is 6.07 Å². The molecule has 0 fully saturated rings. The van der Waals surface area contributed by atoms with Gasteiger partial charge in [0, 0.05) is 17.8 Å². The van der Waals surface area contributed by atoms with E-state index in [1.54, 1.807) is 25.0 Å². The summed E-state index contributed by atoms with van der Waals surface area (Å²) in [6.07, 6.45) is 5.02. The van der Waals surface area contributed by atoms with Crippen LogP contribution in [0.3, 0.4) is 0 Å². The van der Waals surface area contributed by atoms with E-state index in [2.05, 4.69) is 6.92 Å². The molecule has 0 radical (unpaired) electrons. The van der Waals surface area contributed by atoms with Gasteiger partial charge in [0.25, 0.3) is 5.56 Å². The minimum absolute atomic E-state index is 0.104. The van der Waals surface area contributed by atoms with Crippen molar-refractivity contribution < 1.29 is 14.2 Å². The zero-order chi connectivity index (χ0) is 17.4. The van der Waals surface area contributed by atoms with E-state index in [0.29, 0.717) is 30.4 Å². The molecule has 0 aliphatic rings. The van der Waals surface area contributed by atoms with E-state index in [9.17, 15) is 4.79 Å². The molecule has 5 nitrogen and oxygen atoms in total. The Labute approximate surface area is 142 Å². The zero-order valence-electron chi connectivity index (χ0n) is 14.6. The molecule has 0 aliphatic heterocycles. The van der Waals surface area contributed by atoms with Crippen LogP contribution >= 0.6 is 0 Å². The van der Waals surface area contributed by atoms with Crippen LogP contribution in [0.2, 0.25) is 0 Å². The minimum atomic E-state index is -0.104. The van der Waals surface area contributed by atoms with Crippen LogP contribution < -0.4 is 19.8 Å². The number of aromatic nitrogens is 1. The van der Waals surface area contributed by atoms with E-state index in [1.807, 2.05) is 24.3 Å². The first-order chi connectivity index (χ1) is 11.7. The van der Waals surface area contributed by atoms with Gasteiger partial charge in [0.1, 0.15) is 5.75 Å². The number of pyridine rings is 1. The molecule has 0 bridgehead atoms. The second kappa shape index (κ2) is 9.01. The number of benzene rings is 1. The highest BCUT2D eigenvalue weighted by molar-refractivity contribution is 5.46. The number of ether oxygens (including phenoxy) is 3. The number of unbranched alkanes of at least 4 members (excludes halogenated alkanes) is 2. The molecule has 24 heavy (non-hydrogen) atoms. The first-order valence-electron chi connectivity index (χ1n) is 8.22. The van der Waals surface area contributed by atoms with Gasteiger partial charge in [-0.15, -0.1) is 0 Å². The molecule has 130 valence electrons. The van der Waals surface area contributed by atoms with Gasteiger partial charge in [-0.3, -0.25) is 4.79 Å². The highest BCUT2D eigenvalue weighted by Crippen LogP contribution is 2.30. The van der Waals surface area contributed by atoms with Gasteiger partial charge in [0.2, 0.25) is 0 Å². The molecule has 0 spiro atoms. The van der Waals surface area contributed by atoms with Crippen LogP contribution in [0.15, 0.2) is 41.3 Å². The van der Waals surface area contributed by atoms with E-state index >= 15 is 0 Å². The molecule has 5 heteroatoms. The molecule has 1 aromatic heterocycles. The lowest BCUT2D eigenvalue weighted by Crippen LogP contribution is -2.19. The maximum absolute atomic E-state index is 12.3. The predicted molar refractivity (Wildman–Crippen MR) is 94.4 cm³/mol. The van der Waals surface area contributed by atoms with Gasteiger partial charge in [-0.2, -0.15) is 0 Å². The monoisotopic (exact) mass is 331 g/mol. The van der Waals surface area contributed by atoms with Crippen molar-refractivity contribution in [3.05, 3.63) is 52.4 Å². The van der Waals surface area contributed by atoms with Crippen molar-refractivity contribution in [2.45, 2.75) is 32.7 Å². The largest absolute Gasteiger partial charge is 0.493 e. The molecule has 0 N–H and O–H groups in total. The topological polar surface area (TPSA) is 49.7 Å². The first-order valence-corrected chi connectivity index (χ1v) is 8.22. The molecular formula is C19H25NO4. The van der Waals surface area contributed by atoms with Gasteiger partial charge in [-0.25, -0.2) is 0 Å². The van der Waals surface area contributed by atoms with Crippen LogP contribution in [0.25, 0.3) is 0 Å². The van der Waals surface area contributed by atoms with Crippen molar-refractivity contribution in [3.63, 3.8) is 0 Å². The fraction of sp³-hybridized carbons (Fsp3) is 0.421. The lowest BCUT2D eigenvalue weighted by Gasteiger charge is -2.14. The molecule has 1 heterocycles. The third kappa shape index (κ3) is 4.54. The van der Waals surface area contributed by atoms with E-state index < -0.39 is 0 Å². The summed E-state index contributed by atoms with van der Waals surface area (Å²) in [6, 6.07) is 8.98. The van der Waals surface area contributed by atoms with Crippen LogP contribution in [0.5, 0.6) is 17.2 Å². The molecule has 0 saturated carbocycles. The lowest BCUT2D eigenvalue weighted by molar-refractivity contribution is 0.305. The van der Waals surface area contributed by atoms with E-state index in [4.69, 9.17) is 14.2 Å². The van der Waals surface area contributed by atoms with Gasteiger partial charge in [0.15, 0.2) is 11.5 Å². The summed E-state index contributed by atoms with van der Waals surface area (Å²) in [5.74, 6) is 1.91. The van der Waals surface area contributed by atoms with Crippen molar-refractivity contribution in [1.29, 1.82) is 0 Å². The molecule has 0 aliphatic carbocycles. The number of methoxy groups -OCH3 is 2. The molecule has 0 amide bonds. The Balaban J connectivity index is 2.12. The Morgan fingerprint density at radius 1 is 1.08 bits per heavy atom. The standard InChI is InChI=1S/C19H25NO4/c1-4-5-6-12-24-16-10-11-20(18(21)13-16)14-15-8-7-9-17(22-2)19(15)23-3/h7-11,13H,4-6,12,14H2,1-3H3. The SMILES string of the molecule is CCCCCOc1ccn(Cc2cccc(OC)c2OC)c(=O)c1. The van der Waals surface area contributed by atoms with Gasteiger partial charge in [-0.1, -0.05) is 31.9 Å². The van der Waals surface area contributed by atoms with E-state index in [0.717, 1.165) is 24.8 Å². The van der Waals surface area contributed by atoms with Gasteiger partial charge in [-0.05, 0) is 18.6 Å². The Kier molecular flexibility index (Phi) is 6.73. The van der Waals surface area contributed by atoms with Crippen LogP contribution in [-0.4, -0.2) is 25.4 Å². The van der Waals surface area contributed by atoms with Crippen molar-refractivity contribution in [2.75, 3.05) is 20.8 Å². The average Bonchev–Trinajstić information content (AvgIpc) is 2.60. The first kappa shape index (κ1) is 17.9. The number of hydrogen-bond donors (Lipinski definition) is 0. The fourth-order valence-corrected chi connectivity index (χ4v) is 2.51. The third-order valence-electron chi connectivity index (χ3n) is 3.81. The van der Waals surface area contributed by atoms with Crippen molar-refractivity contribution >= 4 is 0 Å². The Morgan fingerprint density at radius 2 is 1.92 bits per heavy atom. The van der Waals surface area contributed by atoms with Crippen LogP contribution in [0, 0.1) is 0 Å². The van der Waals surface area contributed by atoms with Crippen molar-refractivity contribution in [2.24, 2.45) is 0 Å². The number of rotatable bonds is 9. The number of nitrogens with zero attached hydrogens (tertiary/aromatic N) is 1. The minimum Gasteiger partial charge on any atom is -0.493 e. The van der Waals surface area contributed by atoms with Crippen LogP contribution in [0.4, 0.5) is 0 Å². The van der Waals surface area contributed by atoms with Crippen LogP contribution in [-0.2, 0) is 6.54 Å². The average molecular weight is 331 g/mol. The molecule has 0 saturated heterocycles. The zero-order valence-corrected chi connectivity index (χ0v) is 14.6. The fourth-order valence-electron chi connectivity index (χ4n) is 2.51. The summed E-state index contributed by atoms with van der Waals surface area (Å²) in [5, 5.41) is 0. The summed E-state index contributed by atoms with van der Waals surface area (Å²) in [4.78, 5) is 12.3. The molecule has 2 aromatic rings. The Morgan fingerprint density at radius 3 is 2.58 bits per heavy atom. The molecule has 2 rings (SSSR count). The quantitative estimate of drug-likeness (QED) is 0.660. The van der Waals surface area contributed by atoms with Crippen molar-refractivity contribution in [1.82, 2.24) is 4.57 Å². The normalized spacial score (nSPS) is 10.5.